The lowest BCUT2D eigenvalue weighted by Gasteiger charge is -2.22. The van der Waals surface area contributed by atoms with Crippen molar-refractivity contribution in [3.05, 3.63) is 17.8 Å². The fourth-order valence-corrected chi connectivity index (χ4v) is 1.50. The topological polar surface area (TPSA) is 94.8 Å². The molecule has 7 nitrogen and oxygen atoms in total. The number of nitrogens with zero attached hydrogens (tertiary/aromatic N) is 2. The van der Waals surface area contributed by atoms with Crippen LogP contribution in [0.5, 0.6) is 0 Å². The van der Waals surface area contributed by atoms with E-state index >= 15 is 0 Å². The van der Waals surface area contributed by atoms with E-state index in [-0.39, 0.29) is 13.1 Å². The minimum Gasteiger partial charge on any atom is -0.468 e. The summed E-state index contributed by atoms with van der Waals surface area (Å²) in [5.41, 5.74) is 7.12. The number of carbonyl (C=O) groups excluding carboxylic acids is 2. The molecular formula is C12H17N3O4. The Labute approximate surface area is 111 Å². The van der Waals surface area contributed by atoms with Crippen LogP contribution in [0.4, 0.5) is 11.5 Å². The van der Waals surface area contributed by atoms with Gasteiger partial charge in [-0.1, -0.05) is 0 Å². The third-order valence-corrected chi connectivity index (χ3v) is 2.43. The average molecular weight is 267 g/mol. The van der Waals surface area contributed by atoms with E-state index in [0.29, 0.717) is 11.5 Å². The summed E-state index contributed by atoms with van der Waals surface area (Å²) in [5, 5.41) is 0. The van der Waals surface area contributed by atoms with Gasteiger partial charge in [0.05, 0.1) is 19.9 Å². The van der Waals surface area contributed by atoms with Gasteiger partial charge in [0.1, 0.15) is 13.1 Å². The molecule has 0 saturated carbocycles. The third kappa shape index (κ3) is 4.13. The number of carbonyl (C=O) groups is 2. The molecule has 0 aliphatic rings. The van der Waals surface area contributed by atoms with Crippen LogP contribution < -0.4 is 10.6 Å². The summed E-state index contributed by atoms with van der Waals surface area (Å²) < 4.78 is 9.16. The summed E-state index contributed by atoms with van der Waals surface area (Å²) >= 11 is 0. The van der Waals surface area contributed by atoms with Crippen LogP contribution in [0.1, 0.15) is 5.56 Å². The fraction of sp³-hybridized carbons (Fsp3) is 0.417. The quantitative estimate of drug-likeness (QED) is 0.757. The lowest BCUT2D eigenvalue weighted by atomic mass is 10.2. The molecule has 2 N–H and O–H groups in total. The molecule has 0 radical (unpaired) electrons. The lowest BCUT2D eigenvalue weighted by molar-refractivity contribution is -0.140. The van der Waals surface area contributed by atoms with E-state index in [4.69, 9.17) is 5.73 Å². The number of ether oxygens (including phenoxy) is 2. The molecule has 1 heterocycles. The number of anilines is 2. The molecular weight excluding hydrogens is 250 g/mol. The monoisotopic (exact) mass is 267 g/mol. The van der Waals surface area contributed by atoms with E-state index in [1.54, 1.807) is 12.3 Å². The Morgan fingerprint density at radius 1 is 1.26 bits per heavy atom. The number of aromatic nitrogens is 1. The van der Waals surface area contributed by atoms with Crippen molar-refractivity contribution in [3.8, 4) is 0 Å². The molecule has 19 heavy (non-hydrogen) atoms. The molecule has 0 amide bonds. The second-order valence-corrected chi connectivity index (χ2v) is 3.93. The van der Waals surface area contributed by atoms with Crippen molar-refractivity contribution in [2.75, 3.05) is 37.9 Å². The van der Waals surface area contributed by atoms with Crippen LogP contribution in [0.3, 0.4) is 0 Å². The van der Waals surface area contributed by atoms with Crippen LogP contribution in [-0.4, -0.2) is 44.2 Å². The third-order valence-electron chi connectivity index (χ3n) is 2.43. The molecule has 0 aliphatic heterocycles. The van der Waals surface area contributed by atoms with E-state index in [2.05, 4.69) is 14.5 Å². The van der Waals surface area contributed by atoms with Crippen molar-refractivity contribution in [1.82, 2.24) is 4.98 Å². The number of pyridine rings is 1. The number of rotatable bonds is 5. The Morgan fingerprint density at radius 3 is 2.21 bits per heavy atom. The van der Waals surface area contributed by atoms with Gasteiger partial charge in [-0.25, -0.2) is 4.98 Å². The molecule has 1 rings (SSSR count). The number of hydrogen-bond donors (Lipinski definition) is 1. The van der Waals surface area contributed by atoms with Crippen molar-refractivity contribution in [3.63, 3.8) is 0 Å². The molecule has 0 aromatic carbocycles. The summed E-state index contributed by atoms with van der Waals surface area (Å²) in [7, 11) is 2.54. The maximum absolute atomic E-state index is 11.4. The summed E-state index contributed by atoms with van der Waals surface area (Å²) in [5.74, 6) is -0.641. The highest BCUT2D eigenvalue weighted by Crippen LogP contribution is 2.20. The Morgan fingerprint density at radius 2 is 1.79 bits per heavy atom. The molecule has 7 heteroatoms. The van der Waals surface area contributed by atoms with Gasteiger partial charge in [0, 0.05) is 6.20 Å². The van der Waals surface area contributed by atoms with E-state index in [1.807, 2.05) is 6.92 Å². The first-order valence-corrected chi connectivity index (χ1v) is 5.58. The minimum atomic E-state index is -0.495. The molecule has 0 fully saturated rings. The average Bonchev–Trinajstić information content (AvgIpc) is 2.37. The standard InChI is InChI=1S/C12H17N3O4/c1-8-4-9(13)12(14-5-8)15(6-10(16)18-2)7-11(17)19-3/h4-5H,6-7,13H2,1-3H3. The Kier molecular flexibility index (Phi) is 5.11. The normalized spacial score (nSPS) is 9.84. The van der Waals surface area contributed by atoms with Gasteiger partial charge in [0.25, 0.3) is 0 Å². The van der Waals surface area contributed by atoms with Crippen molar-refractivity contribution < 1.29 is 19.1 Å². The van der Waals surface area contributed by atoms with Gasteiger partial charge in [-0.05, 0) is 18.6 Å². The summed E-state index contributed by atoms with van der Waals surface area (Å²) in [4.78, 5) is 28.3. The lowest BCUT2D eigenvalue weighted by Crippen LogP contribution is -2.36. The first-order valence-electron chi connectivity index (χ1n) is 5.58. The number of aryl methyl sites for hydroxylation is 1. The first-order chi connectivity index (χ1) is 8.97. The van der Waals surface area contributed by atoms with E-state index in [0.717, 1.165) is 5.56 Å². The van der Waals surface area contributed by atoms with Crippen LogP contribution in [0.2, 0.25) is 0 Å². The van der Waals surface area contributed by atoms with Gasteiger partial charge < -0.3 is 20.1 Å². The molecule has 104 valence electrons. The SMILES string of the molecule is COC(=O)CN(CC(=O)OC)c1ncc(C)cc1N. The van der Waals surface area contributed by atoms with Crippen LogP contribution in [0, 0.1) is 6.92 Å². The number of hydrogen-bond acceptors (Lipinski definition) is 7. The fourth-order valence-electron chi connectivity index (χ4n) is 1.50. The Bertz CT molecular complexity index is 458. The smallest absolute Gasteiger partial charge is 0.325 e. The summed E-state index contributed by atoms with van der Waals surface area (Å²) in [6.45, 7) is 1.58. The first kappa shape index (κ1) is 14.7. The minimum absolute atomic E-state index is 0.133. The Hall–Kier alpha value is -2.31. The van der Waals surface area contributed by atoms with Gasteiger partial charge in [-0.15, -0.1) is 0 Å². The van der Waals surface area contributed by atoms with Crippen molar-refractivity contribution in [2.24, 2.45) is 0 Å². The zero-order valence-corrected chi connectivity index (χ0v) is 11.2. The van der Waals surface area contributed by atoms with E-state index < -0.39 is 11.9 Å². The number of nitrogen functional groups attached to an aromatic ring is 1. The van der Waals surface area contributed by atoms with Crippen LogP contribution in [-0.2, 0) is 19.1 Å². The van der Waals surface area contributed by atoms with Gasteiger partial charge in [0.15, 0.2) is 5.82 Å². The van der Waals surface area contributed by atoms with Crippen molar-refractivity contribution in [1.29, 1.82) is 0 Å². The summed E-state index contributed by atoms with van der Waals surface area (Å²) in [6.07, 6.45) is 1.60. The van der Waals surface area contributed by atoms with E-state index in [1.165, 1.54) is 19.1 Å². The van der Waals surface area contributed by atoms with Gasteiger partial charge >= 0.3 is 11.9 Å². The molecule has 1 aromatic heterocycles. The molecule has 0 aliphatic carbocycles. The molecule has 1 aromatic rings. The number of methoxy groups -OCH3 is 2. The zero-order valence-electron chi connectivity index (χ0n) is 11.2. The zero-order chi connectivity index (χ0) is 14.4. The van der Waals surface area contributed by atoms with Gasteiger partial charge in [0.2, 0.25) is 0 Å². The molecule has 0 bridgehead atoms. The van der Waals surface area contributed by atoms with Crippen LogP contribution >= 0.6 is 0 Å². The number of nitrogens with two attached hydrogens (primary N) is 1. The van der Waals surface area contributed by atoms with Crippen molar-refractivity contribution in [2.45, 2.75) is 6.92 Å². The highest BCUT2D eigenvalue weighted by Gasteiger charge is 2.19. The van der Waals surface area contributed by atoms with Crippen LogP contribution in [0.25, 0.3) is 0 Å². The molecule has 0 unspecified atom stereocenters. The predicted molar refractivity (Wildman–Crippen MR) is 69.6 cm³/mol. The molecule has 0 saturated heterocycles. The maximum atomic E-state index is 11.4. The summed E-state index contributed by atoms with van der Waals surface area (Å²) in [6, 6.07) is 1.71. The molecule has 0 spiro atoms. The highest BCUT2D eigenvalue weighted by atomic mass is 16.5. The number of esters is 2. The predicted octanol–water partition coefficient (Wildman–Crippen LogP) is 0.125. The van der Waals surface area contributed by atoms with Crippen molar-refractivity contribution >= 4 is 23.4 Å². The Balaban J connectivity index is 3.00. The second kappa shape index (κ2) is 6.58. The maximum Gasteiger partial charge on any atom is 0.325 e. The van der Waals surface area contributed by atoms with Gasteiger partial charge in [-0.3, -0.25) is 9.59 Å². The highest BCUT2D eigenvalue weighted by molar-refractivity contribution is 5.82. The van der Waals surface area contributed by atoms with E-state index in [9.17, 15) is 9.59 Å². The second-order valence-electron chi connectivity index (χ2n) is 3.93. The molecule has 0 atom stereocenters. The van der Waals surface area contributed by atoms with Crippen LogP contribution in [0.15, 0.2) is 12.3 Å². The largest absolute Gasteiger partial charge is 0.468 e. The van der Waals surface area contributed by atoms with Gasteiger partial charge in [-0.2, -0.15) is 0 Å².